The van der Waals surface area contributed by atoms with Gasteiger partial charge in [0.1, 0.15) is 12.4 Å². The molecule has 1 fully saturated rings. The van der Waals surface area contributed by atoms with Gasteiger partial charge in [-0.25, -0.2) is 0 Å². The third-order valence-electron chi connectivity index (χ3n) is 6.48. The van der Waals surface area contributed by atoms with Crippen molar-refractivity contribution in [1.29, 1.82) is 0 Å². The van der Waals surface area contributed by atoms with Crippen LogP contribution in [0.5, 0.6) is 5.75 Å². The lowest BCUT2D eigenvalue weighted by Crippen LogP contribution is -2.54. The van der Waals surface area contributed by atoms with Crippen molar-refractivity contribution in [2.75, 3.05) is 5.32 Å². The zero-order chi connectivity index (χ0) is 22.3. The summed E-state index contributed by atoms with van der Waals surface area (Å²) in [6.07, 6.45) is 0. The number of amides is 1. The van der Waals surface area contributed by atoms with Crippen LogP contribution in [0.25, 0.3) is 0 Å². The van der Waals surface area contributed by atoms with E-state index in [1.54, 1.807) is 18.2 Å². The minimum atomic E-state index is -1.40. The highest BCUT2D eigenvalue weighted by molar-refractivity contribution is 6.07. The minimum Gasteiger partial charge on any atom is -0.489 e. The number of nitrogens with one attached hydrogen (secondary N) is 2. The topological polar surface area (TPSA) is 93.5 Å². The van der Waals surface area contributed by atoms with E-state index < -0.39 is 17.5 Å². The molecular formula is C25H23N3O4. The van der Waals surface area contributed by atoms with Gasteiger partial charge in [0.15, 0.2) is 5.54 Å². The van der Waals surface area contributed by atoms with Crippen molar-refractivity contribution in [3.63, 3.8) is 0 Å². The van der Waals surface area contributed by atoms with Gasteiger partial charge in [-0.15, -0.1) is 0 Å². The van der Waals surface area contributed by atoms with Crippen LogP contribution in [0.1, 0.15) is 29.5 Å². The van der Waals surface area contributed by atoms with Crippen LogP contribution in [0.2, 0.25) is 0 Å². The molecule has 3 aromatic carbocycles. The maximum Gasteiger partial charge on any atom is 0.256 e. The van der Waals surface area contributed by atoms with Crippen molar-refractivity contribution in [2.24, 2.45) is 0 Å². The molecule has 0 unspecified atom stereocenters. The fraction of sp³-hybridized carbons (Fsp3) is 0.240. The van der Waals surface area contributed by atoms with Gasteiger partial charge in [-0.05, 0) is 36.2 Å². The highest BCUT2D eigenvalue weighted by atomic mass is 16.6. The van der Waals surface area contributed by atoms with E-state index in [9.17, 15) is 14.9 Å². The van der Waals surface area contributed by atoms with Crippen molar-refractivity contribution in [3.05, 3.63) is 106 Å². The van der Waals surface area contributed by atoms with E-state index in [0.717, 1.165) is 11.1 Å². The van der Waals surface area contributed by atoms with Gasteiger partial charge >= 0.3 is 0 Å². The number of rotatable bonds is 5. The molecule has 0 aliphatic carbocycles. The molecule has 7 nitrogen and oxygen atoms in total. The molecule has 162 valence electrons. The second-order valence-electron chi connectivity index (χ2n) is 8.34. The molecule has 2 N–H and O–H groups in total. The maximum absolute atomic E-state index is 13.1. The number of carbonyl (C=O) groups is 1. The Morgan fingerprint density at radius 3 is 2.41 bits per heavy atom. The van der Waals surface area contributed by atoms with Crippen LogP contribution in [0.15, 0.2) is 78.9 Å². The number of anilines is 1. The molecule has 32 heavy (non-hydrogen) atoms. The fourth-order valence-electron chi connectivity index (χ4n) is 5.08. The molecular weight excluding hydrogens is 406 g/mol. The summed E-state index contributed by atoms with van der Waals surface area (Å²) in [4.78, 5) is 25.1. The van der Waals surface area contributed by atoms with Gasteiger partial charge in [0.2, 0.25) is 0 Å². The highest BCUT2D eigenvalue weighted by Gasteiger charge is 2.67. The Hall–Kier alpha value is -3.71. The number of carbonyl (C=O) groups excluding carboxylic acids is 1. The number of hydrogen-bond acceptors (Lipinski definition) is 5. The van der Waals surface area contributed by atoms with Crippen LogP contribution in [0.4, 0.5) is 5.69 Å². The quantitative estimate of drug-likeness (QED) is 0.475. The third-order valence-corrected chi connectivity index (χ3v) is 6.48. The predicted octanol–water partition coefficient (Wildman–Crippen LogP) is 3.83. The maximum atomic E-state index is 13.1. The molecule has 7 heteroatoms. The fourth-order valence-corrected chi connectivity index (χ4v) is 5.08. The first-order valence-electron chi connectivity index (χ1n) is 10.6. The Morgan fingerprint density at radius 1 is 1.00 bits per heavy atom. The Bertz CT molecular complexity index is 1170. The van der Waals surface area contributed by atoms with Crippen LogP contribution in [-0.2, 0) is 16.9 Å². The van der Waals surface area contributed by atoms with Crippen molar-refractivity contribution in [2.45, 2.75) is 37.1 Å². The summed E-state index contributed by atoms with van der Waals surface area (Å²) in [5.41, 5.74) is 1.71. The summed E-state index contributed by atoms with van der Waals surface area (Å²) in [5, 5.41) is 18.4. The molecule has 2 aliphatic heterocycles. The van der Waals surface area contributed by atoms with Gasteiger partial charge < -0.3 is 10.1 Å². The standard InChI is InChI=1S/C25H23N3O4/c1-16-22(18-11-13-19(14-12-18)32-15-17-7-3-2-4-8-17)23(28(30)31)25(27-16)20-9-5-6-10-21(20)26-24(25)29/h2-14,16,22-23,27H,15H2,1H3,(H,26,29)/t16-,22+,23+,25-/m0/s1. The SMILES string of the molecule is C[C@@H]1N[C@]2(C(=O)Nc3ccccc32)[C@H]([N+](=O)[O-])[C@H]1c1ccc(OCc2ccccc2)cc1. The number of ether oxygens (including phenoxy) is 1. The van der Waals surface area contributed by atoms with E-state index in [4.69, 9.17) is 4.74 Å². The number of hydrogen-bond donors (Lipinski definition) is 2. The van der Waals surface area contributed by atoms with Gasteiger partial charge in [-0.2, -0.15) is 0 Å². The number of benzene rings is 3. The van der Waals surface area contributed by atoms with Gasteiger partial charge in [-0.3, -0.25) is 20.2 Å². The smallest absolute Gasteiger partial charge is 0.256 e. The summed E-state index contributed by atoms with van der Waals surface area (Å²) >= 11 is 0. The Labute approximate surface area is 185 Å². The van der Waals surface area contributed by atoms with Crippen LogP contribution in [-0.4, -0.2) is 22.9 Å². The van der Waals surface area contributed by atoms with Gasteiger partial charge in [0.05, 0.1) is 5.92 Å². The average Bonchev–Trinajstić information content (AvgIpc) is 3.27. The molecule has 5 rings (SSSR count). The first-order valence-corrected chi connectivity index (χ1v) is 10.6. The molecule has 0 bridgehead atoms. The molecule has 0 saturated carbocycles. The van der Waals surface area contributed by atoms with Gasteiger partial charge in [0.25, 0.3) is 11.9 Å². The van der Waals surface area contributed by atoms with Gasteiger partial charge in [-0.1, -0.05) is 60.7 Å². The zero-order valence-electron chi connectivity index (χ0n) is 17.5. The van der Waals surface area contributed by atoms with E-state index in [1.165, 1.54) is 0 Å². The Kier molecular flexibility index (Phi) is 4.90. The van der Waals surface area contributed by atoms with Crippen molar-refractivity contribution < 1.29 is 14.5 Å². The number of nitrogens with zero attached hydrogens (tertiary/aromatic N) is 1. The first kappa shape index (κ1) is 20.2. The second-order valence-corrected chi connectivity index (χ2v) is 8.34. The molecule has 1 saturated heterocycles. The van der Waals surface area contributed by atoms with Gasteiger partial charge in [0, 0.05) is 22.2 Å². The molecule has 4 atom stereocenters. The highest BCUT2D eigenvalue weighted by Crippen LogP contribution is 2.49. The summed E-state index contributed by atoms with van der Waals surface area (Å²) < 4.78 is 5.85. The van der Waals surface area contributed by atoms with E-state index in [1.807, 2.05) is 67.6 Å². The predicted molar refractivity (Wildman–Crippen MR) is 120 cm³/mol. The van der Waals surface area contributed by atoms with Crippen LogP contribution in [0, 0.1) is 10.1 Å². The second kappa shape index (κ2) is 7.76. The molecule has 3 aromatic rings. The van der Waals surface area contributed by atoms with E-state index >= 15 is 0 Å². The van der Waals surface area contributed by atoms with Crippen molar-refractivity contribution in [3.8, 4) is 5.75 Å². The van der Waals surface area contributed by atoms with E-state index in [-0.39, 0.29) is 16.9 Å². The lowest BCUT2D eigenvalue weighted by Gasteiger charge is -2.25. The normalized spacial score (nSPS) is 26.0. The molecule has 1 spiro atoms. The monoisotopic (exact) mass is 429 g/mol. The molecule has 2 heterocycles. The first-order chi connectivity index (χ1) is 15.5. The molecule has 2 aliphatic rings. The van der Waals surface area contributed by atoms with Crippen molar-refractivity contribution in [1.82, 2.24) is 5.32 Å². The van der Waals surface area contributed by atoms with E-state index in [2.05, 4.69) is 10.6 Å². The third kappa shape index (κ3) is 3.13. The molecule has 0 aromatic heterocycles. The number of nitro groups is 1. The summed E-state index contributed by atoms with van der Waals surface area (Å²) in [5.74, 6) is -0.171. The summed E-state index contributed by atoms with van der Waals surface area (Å²) in [7, 11) is 0. The average molecular weight is 429 g/mol. The Balaban J connectivity index is 1.45. The number of fused-ring (bicyclic) bond motifs is 2. The van der Waals surface area contributed by atoms with E-state index in [0.29, 0.717) is 23.6 Å². The van der Waals surface area contributed by atoms with Crippen molar-refractivity contribution >= 4 is 11.6 Å². The van der Waals surface area contributed by atoms with Crippen LogP contribution in [0.3, 0.4) is 0 Å². The molecule has 1 amide bonds. The van der Waals surface area contributed by atoms with Crippen LogP contribution >= 0.6 is 0 Å². The lowest BCUT2D eigenvalue weighted by molar-refractivity contribution is -0.532. The summed E-state index contributed by atoms with van der Waals surface area (Å²) in [6.45, 7) is 2.34. The largest absolute Gasteiger partial charge is 0.489 e. The van der Waals surface area contributed by atoms with Crippen LogP contribution < -0.4 is 15.4 Å². The lowest BCUT2D eigenvalue weighted by atomic mass is 9.78. The number of para-hydroxylation sites is 1. The zero-order valence-corrected chi connectivity index (χ0v) is 17.5. The minimum absolute atomic E-state index is 0.279. The summed E-state index contributed by atoms with van der Waals surface area (Å²) in [6, 6.07) is 23.0. The molecule has 0 radical (unpaired) electrons. The Morgan fingerprint density at radius 2 is 1.69 bits per heavy atom.